The van der Waals surface area contributed by atoms with E-state index in [1.807, 2.05) is 20.8 Å². The van der Waals surface area contributed by atoms with Crippen LogP contribution in [0.15, 0.2) is 71.6 Å². The first-order chi connectivity index (χ1) is 19.1. The molecule has 0 saturated heterocycles. The number of nitrogens with one attached hydrogen (secondary N) is 1. The van der Waals surface area contributed by atoms with E-state index < -0.39 is 40.0 Å². The quantitative estimate of drug-likeness (QED) is 0.286. The number of sulfonamides is 1. The van der Waals surface area contributed by atoms with E-state index in [1.165, 1.54) is 42.3 Å². The Morgan fingerprint density at radius 3 is 2.15 bits per heavy atom. The van der Waals surface area contributed by atoms with E-state index in [1.54, 1.807) is 43.3 Å². The Hall–Kier alpha value is -2.98. The third kappa shape index (κ3) is 8.29. The minimum atomic E-state index is -4.29. The topological polar surface area (TPSA) is 96.0 Å². The predicted molar refractivity (Wildman–Crippen MR) is 163 cm³/mol. The first-order valence-electron chi connectivity index (χ1n) is 12.6. The molecule has 3 aromatic carbocycles. The average molecular weight is 641 g/mol. The van der Waals surface area contributed by atoms with E-state index in [4.69, 9.17) is 39.5 Å². The number of hydrogen-bond donors (Lipinski definition) is 1. The van der Waals surface area contributed by atoms with Crippen molar-refractivity contribution in [2.75, 3.05) is 18.0 Å². The van der Waals surface area contributed by atoms with Crippen LogP contribution in [0, 0.1) is 0 Å². The maximum absolute atomic E-state index is 14.1. The zero-order valence-electron chi connectivity index (χ0n) is 23.3. The van der Waals surface area contributed by atoms with E-state index in [2.05, 4.69) is 5.32 Å². The van der Waals surface area contributed by atoms with Crippen LogP contribution in [0.25, 0.3) is 0 Å². The van der Waals surface area contributed by atoms with Crippen LogP contribution in [0.1, 0.15) is 33.3 Å². The van der Waals surface area contributed by atoms with E-state index >= 15 is 0 Å². The highest BCUT2D eigenvalue weighted by molar-refractivity contribution is 7.92. The smallest absolute Gasteiger partial charge is 0.264 e. The summed E-state index contributed by atoms with van der Waals surface area (Å²) in [4.78, 5) is 28.5. The number of benzene rings is 3. The third-order valence-corrected chi connectivity index (χ3v) is 8.64. The van der Waals surface area contributed by atoms with Gasteiger partial charge in [-0.1, -0.05) is 59.1 Å². The SMILES string of the molecule is COc1ccc(Cl)cc1N(CC(=O)N(Cc1ccc(Cl)cc1Cl)[C@H](C)C(=O)NC(C)(C)C)S(=O)(=O)c1ccccc1. The van der Waals surface area contributed by atoms with Gasteiger partial charge in [0.2, 0.25) is 11.8 Å². The highest BCUT2D eigenvalue weighted by Crippen LogP contribution is 2.35. The maximum atomic E-state index is 14.1. The van der Waals surface area contributed by atoms with Crippen LogP contribution in [-0.4, -0.2) is 50.4 Å². The molecule has 8 nitrogen and oxygen atoms in total. The molecule has 3 rings (SSSR count). The lowest BCUT2D eigenvalue weighted by Gasteiger charge is -2.34. The Kier molecular flexibility index (Phi) is 10.6. The fraction of sp³-hybridized carbons (Fsp3) is 0.310. The van der Waals surface area contributed by atoms with Crippen molar-refractivity contribution in [1.29, 1.82) is 0 Å². The van der Waals surface area contributed by atoms with Gasteiger partial charge in [0.25, 0.3) is 10.0 Å². The summed E-state index contributed by atoms with van der Waals surface area (Å²) >= 11 is 18.7. The van der Waals surface area contributed by atoms with Crippen molar-refractivity contribution < 1.29 is 22.7 Å². The number of ether oxygens (including phenoxy) is 1. The van der Waals surface area contributed by atoms with Crippen molar-refractivity contribution in [3.8, 4) is 5.75 Å². The summed E-state index contributed by atoms with van der Waals surface area (Å²) in [6.07, 6.45) is 0. The molecule has 0 aromatic heterocycles. The molecule has 0 saturated carbocycles. The normalized spacial score (nSPS) is 12.4. The van der Waals surface area contributed by atoms with Gasteiger partial charge >= 0.3 is 0 Å². The minimum Gasteiger partial charge on any atom is -0.495 e. The summed E-state index contributed by atoms with van der Waals surface area (Å²) in [5.41, 5.74) is 0.0144. The second kappa shape index (κ2) is 13.3. The summed E-state index contributed by atoms with van der Waals surface area (Å²) in [6.45, 7) is 6.28. The molecular formula is C29H32Cl3N3O5S. The molecule has 0 fully saturated rings. The van der Waals surface area contributed by atoms with E-state index in [-0.39, 0.29) is 27.9 Å². The van der Waals surface area contributed by atoms with Crippen molar-refractivity contribution in [1.82, 2.24) is 10.2 Å². The Morgan fingerprint density at radius 2 is 1.56 bits per heavy atom. The van der Waals surface area contributed by atoms with Crippen LogP contribution in [0.2, 0.25) is 15.1 Å². The van der Waals surface area contributed by atoms with Gasteiger partial charge in [-0.15, -0.1) is 0 Å². The number of halogens is 3. The lowest BCUT2D eigenvalue weighted by molar-refractivity contribution is -0.140. The van der Waals surface area contributed by atoms with Crippen LogP contribution < -0.4 is 14.4 Å². The maximum Gasteiger partial charge on any atom is 0.264 e. The highest BCUT2D eigenvalue weighted by atomic mass is 35.5. The summed E-state index contributed by atoms with van der Waals surface area (Å²) in [5, 5.41) is 3.82. The number of hydrogen-bond acceptors (Lipinski definition) is 5. The third-order valence-electron chi connectivity index (χ3n) is 6.04. The van der Waals surface area contributed by atoms with Crippen LogP contribution in [0.3, 0.4) is 0 Å². The fourth-order valence-corrected chi connectivity index (χ4v) is 6.05. The van der Waals surface area contributed by atoms with Crippen molar-refractivity contribution in [3.05, 3.63) is 87.4 Å². The van der Waals surface area contributed by atoms with Crippen LogP contribution in [0.5, 0.6) is 5.75 Å². The van der Waals surface area contributed by atoms with Gasteiger partial charge in [0.1, 0.15) is 18.3 Å². The first kappa shape index (κ1) is 32.5. The number of anilines is 1. The average Bonchev–Trinajstić information content (AvgIpc) is 2.90. The van der Waals surface area contributed by atoms with Gasteiger partial charge in [0.15, 0.2) is 0 Å². The molecule has 41 heavy (non-hydrogen) atoms. The molecule has 1 atom stereocenters. The van der Waals surface area contributed by atoms with Gasteiger partial charge in [-0.05, 0) is 75.7 Å². The van der Waals surface area contributed by atoms with Gasteiger partial charge < -0.3 is 15.0 Å². The number of methoxy groups -OCH3 is 1. The van der Waals surface area contributed by atoms with Crippen molar-refractivity contribution in [3.63, 3.8) is 0 Å². The zero-order chi connectivity index (χ0) is 30.5. The number of rotatable bonds is 10. The van der Waals surface area contributed by atoms with Crippen molar-refractivity contribution in [2.45, 2.75) is 50.7 Å². The highest BCUT2D eigenvalue weighted by Gasteiger charge is 2.34. The number of carbonyl (C=O) groups excluding carboxylic acids is 2. The molecule has 2 amide bonds. The van der Waals surface area contributed by atoms with Gasteiger partial charge in [0.05, 0.1) is 17.7 Å². The second-order valence-electron chi connectivity index (χ2n) is 10.3. The molecule has 1 N–H and O–H groups in total. The van der Waals surface area contributed by atoms with Crippen LogP contribution >= 0.6 is 34.8 Å². The molecule has 0 aliphatic carbocycles. The number of amides is 2. The second-order valence-corrected chi connectivity index (χ2v) is 13.5. The predicted octanol–water partition coefficient (Wildman–Crippen LogP) is 6.18. The van der Waals surface area contributed by atoms with E-state index in [0.717, 1.165) is 4.31 Å². The molecule has 220 valence electrons. The molecule has 0 radical (unpaired) electrons. The zero-order valence-corrected chi connectivity index (χ0v) is 26.4. The van der Waals surface area contributed by atoms with Gasteiger partial charge in [-0.2, -0.15) is 0 Å². The lowest BCUT2D eigenvalue weighted by Crippen LogP contribution is -2.54. The summed E-state index contributed by atoms with van der Waals surface area (Å²) < 4.78 is 34.3. The fourth-order valence-electron chi connectivity index (χ4n) is 3.98. The lowest BCUT2D eigenvalue weighted by atomic mass is 10.1. The summed E-state index contributed by atoms with van der Waals surface area (Å²) in [6, 6.07) is 16.0. The number of carbonyl (C=O) groups is 2. The molecule has 0 aliphatic heterocycles. The van der Waals surface area contributed by atoms with Gasteiger partial charge in [0, 0.05) is 27.2 Å². The Labute approximate surface area is 256 Å². The molecule has 0 unspecified atom stereocenters. The van der Waals surface area contributed by atoms with Gasteiger partial charge in [-0.25, -0.2) is 8.42 Å². The van der Waals surface area contributed by atoms with E-state index in [0.29, 0.717) is 15.6 Å². The van der Waals surface area contributed by atoms with Crippen LogP contribution in [0.4, 0.5) is 5.69 Å². The summed E-state index contributed by atoms with van der Waals surface area (Å²) in [5.74, 6) is -0.893. The molecule has 0 aliphatic rings. The van der Waals surface area contributed by atoms with Gasteiger partial charge in [-0.3, -0.25) is 13.9 Å². The Balaban J connectivity index is 2.12. The molecule has 0 bridgehead atoms. The molecular weight excluding hydrogens is 609 g/mol. The van der Waals surface area contributed by atoms with Crippen molar-refractivity contribution in [2.24, 2.45) is 0 Å². The van der Waals surface area contributed by atoms with Crippen molar-refractivity contribution >= 4 is 62.3 Å². The molecule has 12 heteroatoms. The molecule has 0 heterocycles. The minimum absolute atomic E-state index is 0.0411. The Bertz CT molecular complexity index is 1510. The largest absolute Gasteiger partial charge is 0.495 e. The van der Waals surface area contributed by atoms with Crippen LogP contribution in [-0.2, 0) is 26.2 Å². The number of nitrogens with zero attached hydrogens (tertiary/aromatic N) is 2. The molecule has 0 spiro atoms. The first-order valence-corrected chi connectivity index (χ1v) is 15.2. The molecule has 3 aromatic rings. The monoisotopic (exact) mass is 639 g/mol. The van der Waals surface area contributed by atoms with E-state index in [9.17, 15) is 18.0 Å². The summed E-state index contributed by atoms with van der Waals surface area (Å²) in [7, 11) is -2.91. The standard InChI is InChI=1S/C29H32Cl3N3O5S/c1-19(28(37)33-29(2,3)4)34(17-20-11-12-21(30)15-24(20)32)27(36)18-35(25-16-22(31)13-14-26(25)40-5)41(38,39)23-9-7-6-8-10-23/h6-16,19H,17-18H2,1-5H3,(H,33,37)/t19-/m1/s1. The Morgan fingerprint density at radius 1 is 0.951 bits per heavy atom.